The number of ether oxygens (including phenoxy) is 1. The molecule has 2 atom stereocenters. The first kappa shape index (κ1) is 9.02. The summed E-state index contributed by atoms with van der Waals surface area (Å²) in [5.74, 6) is 0.462. The summed E-state index contributed by atoms with van der Waals surface area (Å²) in [4.78, 5) is 11.5. The van der Waals surface area contributed by atoms with Crippen LogP contribution < -0.4 is 15.8 Å². The van der Waals surface area contributed by atoms with E-state index in [-0.39, 0.29) is 12.0 Å². The quantitative estimate of drug-likeness (QED) is 0.637. The number of hydrogen-bond donors (Lipinski definition) is 2. The Kier molecular flexibility index (Phi) is 2.13. The summed E-state index contributed by atoms with van der Waals surface area (Å²) >= 11 is 0. The topological polar surface area (TPSA) is 64.3 Å². The molecule has 2 rings (SSSR count). The molecule has 0 unspecified atom stereocenters. The number of anilines is 1. The summed E-state index contributed by atoms with van der Waals surface area (Å²) < 4.78 is 5.53. The van der Waals surface area contributed by atoms with Gasteiger partial charge in [-0.25, -0.2) is 0 Å². The largest absolute Gasteiger partial charge is 0.486 e. The zero-order valence-corrected chi connectivity index (χ0v) is 7.86. The van der Waals surface area contributed by atoms with Crippen LogP contribution in [-0.4, -0.2) is 18.1 Å². The van der Waals surface area contributed by atoms with Gasteiger partial charge in [0.2, 0.25) is 5.91 Å². The van der Waals surface area contributed by atoms with Gasteiger partial charge >= 0.3 is 0 Å². The van der Waals surface area contributed by atoms with Crippen molar-refractivity contribution >= 4 is 11.6 Å². The van der Waals surface area contributed by atoms with E-state index in [1.54, 1.807) is 13.0 Å². The van der Waals surface area contributed by atoms with Gasteiger partial charge in [-0.1, -0.05) is 12.1 Å². The average molecular weight is 192 g/mol. The Morgan fingerprint density at radius 2 is 2.14 bits per heavy atom. The van der Waals surface area contributed by atoms with E-state index < -0.39 is 6.04 Å². The fraction of sp³-hybridized carbons (Fsp3) is 0.300. The Bertz CT molecular complexity index is 365. The molecule has 1 amide bonds. The van der Waals surface area contributed by atoms with Gasteiger partial charge in [-0.05, 0) is 19.1 Å². The summed E-state index contributed by atoms with van der Waals surface area (Å²) in [6, 6.07) is 6.67. The lowest BCUT2D eigenvalue weighted by Gasteiger charge is -2.15. The van der Waals surface area contributed by atoms with Crippen LogP contribution in [0.1, 0.15) is 6.92 Å². The van der Waals surface area contributed by atoms with Gasteiger partial charge in [0.15, 0.2) is 0 Å². The number of para-hydroxylation sites is 2. The Labute approximate surface area is 82.1 Å². The average Bonchev–Trinajstić information content (AvgIpc) is 2.28. The van der Waals surface area contributed by atoms with E-state index >= 15 is 0 Å². The van der Waals surface area contributed by atoms with Crippen molar-refractivity contribution in [3.8, 4) is 5.75 Å². The van der Waals surface area contributed by atoms with Gasteiger partial charge in [-0.3, -0.25) is 4.79 Å². The van der Waals surface area contributed by atoms with Gasteiger partial charge in [0, 0.05) is 0 Å². The molecule has 0 aliphatic carbocycles. The second kappa shape index (κ2) is 3.31. The monoisotopic (exact) mass is 192 g/mol. The van der Waals surface area contributed by atoms with Crippen LogP contribution in [-0.2, 0) is 4.79 Å². The molecule has 0 aromatic heterocycles. The molecule has 1 aliphatic rings. The number of carbonyl (C=O) groups is 1. The highest BCUT2D eigenvalue weighted by Crippen LogP contribution is 2.27. The SMILES string of the molecule is C[C@H]1Oc2ccccc2NC(=O)[C@H]1N. The molecule has 1 aliphatic heterocycles. The molecule has 0 fully saturated rings. The fourth-order valence-electron chi connectivity index (χ4n) is 1.38. The van der Waals surface area contributed by atoms with Gasteiger partial charge in [0.1, 0.15) is 17.9 Å². The van der Waals surface area contributed by atoms with Crippen molar-refractivity contribution in [2.45, 2.75) is 19.1 Å². The maximum absolute atomic E-state index is 11.5. The maximum Gasteiger partial charge on any atom is 0.245 e. The molecule has 0 radical (unpaired) electrons. The predicted molar refractivity (Wildman–Crippen MR) is 53.1 cm³/mol. The van der Waals surface area contributed by atoms with Crippen molar-refractivity contribution in [2.24, 2.45) is 5.73 Å². The first-order valence-electron chi connectivity index (χ1n) is 4.50. The third kappa shape index (κ3) is 1.44. The number of rotatable bonds is 0. The first-order chi connectivity index (χ1) is 6.68. The molecule has 1 aromatic rings. The molecule has 0 bridgehead atoms. The van der Waals surface area contributed by atoms with E-state index in [9.17, 15) is 4.79 Å². The Morgan fingerprint density at radius 1 is 1.43 bits per heavy atom. The van der Waals surface area contributed by atoms with Crippen molar-refractivity contribution < 1.29 is 9.53 Å². The normalized spacial score (nSPS) is 25.7. The lowest BCUT2D eigenvalue weighted by Crippen LogP contribution is -2.44. The minimum Gasteiger partial charge on any atom is -0.486 e. The second-order valence-electron chi connectivity index (χ2n) is 3.33. The molecule has 74 valence electrons. The molecule has 1 aromatic carbocycles. The molecular formula is C10H12N2O2. The van der Waals surface area contributed by atoms with Crippen molar-refractivity contribution in [3.05, 3.63) is 24.3 Å². The number of fused-ring (bicyclic) bond motifs is 1. The van der Waals surface area contributed by atoms with E-state index in [2.05, 4.69) is 5.32 Å². The van der Waals surface area contributed by atoms with E-state index in [1.165, 1.54) is 0 Å². The summed E-state index contributed by atoms with van der Waals surface area (Å²) in [5.41, 5.74) is 6.34. The minimum atomic E-state index is -0.623. The van der Waals surface area contributed by atoms with Crippen LogP contribution in [0.3, 0.4) is 0 Å². The van der Waals surface area contributed by atoms with Crippen LogP contribution in [0, 0.1) is 0 Å². The Hall–Kier alpha value is -1.55. The number of amides is 1. The zero-order valence-electron chi connectivity index (χ0n) is 7.86. The molecule has 1 heterocycles. The van der Waals surface area contributed by atoms with Crippen LogP contribution in [0.5, 0.6) is 5.75 Å². The van der Waals surface area contributed by atoms with Crippen LogP contribution in [0.25, 0.3) is 0 Å². The summed E-state index contributed by atoms with van der Waals surface area (Å²) in [6.45, 7) is 1.78. The summed E-state index contributed by atoms with van der Waals surface area (Å²) in [5, 5.41) is 2.71. The number of nitrogens with two attached hydrogens (primary N) is 1. The molecule has 4 nitrogen and oxygen atoms in total. The van der Waals surface area contributed by atoms with E-state index in [0.717, 1.165) is 0 Å². The van der Waals surface area contributed by atoms with Crippen LogP contribution in [0.4, 0.5) is 5.69 Å². The van der Waals surface area contributed by atoms with Gasteiger partial charge in [-0.2, -0.15) is 0 Å². The third-order valence-electron chi connectivity index (χ3n) is 2.27. The minimum absolute atomic E-state index is 0.206. The van der Waals surface area contributed by atoms with Gasteiger partial charge in [-0.15, -0.1) is 0 Å². The van der Waals surface area contributed by atoms with Crippen molar-refractivity contribution in [3.63, 3.8) is 0 Å². The summed E-state index contributed by atoms with van der Waals surface area (Å²) in [6.07, 6.45) is -0.307. The molecule has 0 saturated heterocycles. The molecule has 4 heteroatoms. The van der Waals surface area contributed by atoms with Crippen molar-refractivity contribution in [1.82, 2.24) is 0 Å². The first-order valence-corrected chi connectivity index (χ1v) is 4.50. The highest BCUT2D eigenvalue weighted by Gasteiger charge is 2.27. The smallest absolute Gasteiger partial charge is 0.245 e. The maximum atomic E-state index is 11.5. The standard InChI is InChI=1S/C10H12N2O2/c1-6-9(11)10(13)12-7-4-2-3-5-8(7)14-6/h2-6,9H,11H2,1H3,(H,12,13)/t6-,9+/m1/s1. The number of benzene rings is 1. The molecular weight excluding hydrogens is 180 g/mol. The number of hydrogen-bond acceptors (Lipinski definition) is 3. The van der Waals surface area contributed by atoms with E-state index in [4.69, 9.17) is 10.5 Å². The van der Waals surface area contributed by atoms with Gasteiger partial charge in [0.25, 0.3) is 0 Å². The van der Waals surface area contributed by atoms with Crippen LogP contribution >= 0.6 is 0 Å². The van der Waals surface area contributed by atoms with Crippen LogP contribution in [0.15, 0.2) is 24.3 Å². The zero-order chi connectivity index (χ0) is 10.1. The van der Waals surface area contributed by atoms with Gasteiger partial charge < -0.3 is 15.8 Å². The molecule has 0 spiro atoms. The predicted octanol–water partition coefficient (Wildman–Crippen LogP) is 0.733. The van der Waals surface area contributed by atoms with Crippen molar-refractivity contribution in [2.75, 3.05) is 5.32 Å². The Balaban J connectivity index is 2.39. The number of nitrogens with one attached hydrogen (secondary N) is 1. The highest BCUT2D eigenvalue weighted by atomic mass is 16.5. The summed E-state index contributed by atoms with van der Waals surface area (Å²) in [7, 11) is 0. The molecule has 0 saturated carbocycles. The lowest BCUT2D eigenvalue weighted by atomic mass is 10.2. The molecule has 14 heavy (non-hydrogen) atoms. The highest BCUT2D eigenvalue weighted by molar-refractivity contribution is 5.97. The van der Waals surface area contributed by atoms with Gasteiger partial charge in [0.05, 0.1) is 5.69 Å². The Morgan fingerprint density at radius 3 is 2.93 bits per heavy atom. The lowest BCUT2D eigenvalue weighted by molar-refractivity contribution is -0.118. The molecule has 3 N–H and O–H groups in total. The van der Waals surface area contributed by atoms with Crippen LogP contribution in [0.2, 0.25) is 0 Å². The third-order valence-corrected chi connectivity index (χ3v) is 2.27. The van der Waals surface area contributed by atoms with E-state index in [1.807, 2.05) is 18.2 Å². The second-order valence-corrected chi connectivity index (χ2v) is 3.33. The number of carbonyl (C=O) groups excluding carboxylic acids is 1. The fourth-order valence-corrected chi connectivity index (χ4v) is 1.38. The van der Waals surface area contributed by atoms with Crippen molar-refractivity contribution in [1.29, 1.82) is 0 Å². The van der Waals surface area contributed by atoms with E-state index in [0.29, 0.717) is 11.4 Å².